The Morgan fingerprint density at radius 2 is 1.35 bits per heavy atom. The van der Waals surface area contributed by atoms with Gasteiger partial charge in [0.1, 0.15) is 0 Å². The van der Waals surface area contributed by atoms with Crippen LogP contribution in [0.1, 0.15) is 13.8 Å². The van der Waals surface area contributed by atoms with E-state index in [1.807, 2.05) is 31.2 Å². The molecular weight excluding hydrogens is 248 g/mol. The summed E-state index contributed by atoms with van der Waals surface area (Å²) in [7, 11) is 0. The van der Waals surface area contributed by atoms with Crippen molar-refractivity contribution in [3.05, 3.63) is 69.5 Å². The molecule has 0 heterocycles. The number of amides is 1. The molecule has 3 nitrogen and oxygen atoms in total. The number of fused-ring (bicyclic) bond motifs is 2. The maximum Gasteiger partial charge on any atom is 0.221 e. The molecule has 2 aromatic carbocycles. The number of anilines is 2. The summed E-state index contributed by atoms with van der Waals surface area (Å²) in [4.78, 5) is 11.1. The van der Waals surface area contributed by atoms with Gasteiger partial charge in [0.2, 0.25) is 5.91 Å². The lowest BCUT2D eigenvalue weighted by atomic mass is 10.0. The molecule has 1 amide bonds. The van der Waals surface area contributed by atoms with Crippen molar-refractivity contribution in [3.63, 3.8) is 0 Å². The Bertz CT molecular complexity index is 812. The molecule has 3 rings (SSSR count). The topological polar surface area (TPSA) is 41.1 Å². The standard InChI is InChI=1S/C17H16N2O/c1-10(2)18-12-4-6-14-16(8-12)15-7-5-13(9-17(14)15)19-11(3)20/h4-9,18H,1H2,2-3H3,(H,19,20). The highest BCUT2D eigenvalue weighted by Gasteiger charge is 2.05. The lowest BCUT2D eigenvalue weighted by Gasteiger charge is -2.10. The fourth-order valence-corrected chi connectivity index (χ4v) is 2.55. The molecule has 0 bridgehead atoms. The first kappa shape index (κ1) is 12.5. The van der Waals surface area contributed by atoms with Crippen LogP contribution in [0.25, 0.3) is 0 Å². The van der Waals surface area contributed by atoms with Crippen molar-refractivity contribution in [2.45, 2.75) is 13.8 Å². The van der Waals surface area contributed by atoms with Crippen molar-refractivity contribution in [2.75, 3.05) is 10.6 Å². The maximum absolute atomic E-state index is 11.1. The molecule has 1 aliphatic rings. The second-order valence-electron chi connectivity index (χ2n) is 5.11. The van der Waals surface area contributed by atoms with Gasteiger partial charge in [-0.25, -0.2) is 0 Å². The number of nitrogens with one attached hydrogen (secondary N) is 2. The molecular formula is C17H16N2O. The molecule has 0 aromatic heterocycles. The molecule has 0 saturated carbocycles. The van der Waals surface area contributed by atoms with Crippen LogP contribution in [0.5, 0.6) is 0 Å². The molecule has 100 valence electrons. The summed E-state index contributed by atoms with van der Waals surface area (Å²) in [5, 5.41) is 10.9. The predicted molar refractivity (Wildman–Crippen MR) is 81.0 cm³/mol. The third-order valence-corrected chi connectivity index (χ3v) is 3.30. The van der Waals surface area contributed by atoms with Crippen LogP contribution in [-0.4, -0.2) is 5.91 Å². The van der Waals surface area contributed by atoms with E-state index in [2.05, 4.69) is 29.3 Å². The quantitative estimate of drug-likeness (QED) is 0.760. The van der Waals surface area contributed by atoms with Gasteiger partial charge in [-0.1, -0.05) is 18.7 Å². The number of benzene rings is 2. The van der Waals surface area contributed by atoms with Crippen LogP contribution in [0.3, 0.4) is 0 Å². The summed E-state index contributed by atoms with van der Waals surface area (Å²) in [5.41, 5.74) is 2.81. The van der Waals surface area contributed by atoms with Gasteiger partial charge in [-0.05, 0) is 52.1 Å². The minimum absolute atomic E-state index is 0.0505. The van der Waals surface area contributed by atoms with Crippen molar-refractivity contribution >= 4 is 17.3 Å². The summed E-state index contributed by atoms with van der Waals surface area (Å²) in [5.74, 6) is -0.0505. The largest absolute Gasteiger partial charge is 0.360 e. The van der Waals surface area contributed by atoms with Gasteiger partial charge in [-0.15, -0.1) is 0 Å². The predicted octanol–water partition coefficient (Wildman–Crippen LogP) is 3.48. The van der Waals surface area contributed by atoms with E-state index < -0.39 is 0 Å². The van der Waals surface area contributed by atoms with E-state index in [1.165, 1.54) is 27.8 Å². The lowest BCUT2D eigenvalue weighted by Crippen LogP contribution is -2.06. The molecule has 0 atom stereocenters. The first-order chi connectivity index (χ1) is 9.54. The second kappa shape index (κ2) is 4.53. The molecule has 0 fully saturated rings. The van der Waals surface area contributed by atoms with Crippen LogP contribution in [0, 0.1) is 20.9 Å². The molecule has 2 N–H and O–H groups in total. The van der Waals surface area contributed by atoms with E-state index in [1.54, 1.807) is 0 Å². The average Bonchev–Trinajstić information content (AvgIpc) is 2.35. The van der Waals surface area contributed by atoms with Gasteiger partial charge in [0.15, 0.2) is 0 Å². The fourth-order valence-electron chi connectivity index (χ4n) is 2.55. The van der Waals surface area contributed by atoms with Crippen molar-refractivity contribution in [3.8, 4) is 0 Å². The fraction of sp³-hybridized carbons (Fsp3) is 0.118. The van der Waals surface area contributed by atoms with Gasteiger partial charge >= 0.3 is 0 Å². The van der Waals surface area contributed by atoms with Crippen molar-refractivity contribution in [1.82, 2.24) is 0 Å². The van der Waals surface area contributed by atoms with Gasteiger partial charge in [0.25, 0.3) is 0 Å². The molecule has 0 spiro atoms. The van der Waals surface area contributed by atoms with Gasteiger partial charge in [0, 0.05) is 24.0 Å². The summed E-state index contributed by atoms with van der Waals surface area (Å²) in [6.45, 7) is 7.31. The normalized spacial score (nSPS) is 10.9. The van der Waals surface area contributed by atoms with Crippen molar-refractivity contribution in [2.24, 2.45) is 0 Å². The number of rotatable bonds is 3. The SMILES string of the molecule is C=C(C)Nc1ccc2c(c1)=c1ccc(NC(C)=O)cc1=2. The van der Waals surface area contributed by atoms with E-state index in [0.29, 0.717) is 0 Å². The second-order valence-corrected chi connectivity index (χ2v) is 5.11. The highest BCUT2D eigenvalue weighted by molar-refractivity contribution is 5.88. The number of carbonyl (C=O) groups excluding carboxylic acids is 1. The van der Waals surface area contributed by atoms with E-state index in [4.69, 9.17) is 0 Å². The first-order valence-electron chi connectivity index (χ1n) is 6.53. The van der Waals surface area contributed by atoms with E-state index in [-0.39, 0.29) is 5.91 Å². The third kappa shape index (κ3) is 2.07. The smallest absolute Gasteiger partial charge is 0.221 e. The first-order valence-corrected chi connectivity index (χ1v) is 6.53. The number of hydrogen-bond donors (Lipinski definition) is 2. The summed E-state index contributed by atoms with van der Waals surface area (Å²) >= 11 is 0. The third-order valence-electron chi connectivity index (χ3n) is 3.30. The molecule has 3 heteroatoms. The lowest BCUT2D eigenvalue weighted by molar-refractivity contribution is -0.114. The van der Waals surface area contributed by atoms with Crippen LogP contribution in [0.15, 0.2) is 48.7 Å². The van der Waals surface area contributed by atoms with E-state index in [0.717, 1.165) is 17.1 Å². The van der Waals surface area contributed by atoms with Crippen LogP contribution in [0.4, 0.5) is 11.4 Å². The van der Waals surface area contributed by atoms with E-state index >= 15 is 0 Å². The van der Waals surface area contributed by atoms with Gasteiger partial charge in [-0.2, -0.15) is 0 Å². The zero-order chi connectivity index (χ0) is 14.3. The Labute approximate surface area is 116 Å². The monoisotopic (exact) mass is 264 g/mol. The molecule has 0 radical (unpaired) electrons. The van der Waals surface area contributed by atoms with Gasteiger partial charge < -0.3 is 10.6 Å². The summed E-state index contributed by atoms with van der Waals surface area (Å²) < 4.78 is 0. The van der Waals surface area contributed by atoms with Crippen LogP contribution >= 0.6 is 0 Å². The number of allylic oxidation sites excluding steroid dienone is 1. The number of carbonyl (C=O) groups is 1. The molecule has 1 aliphatic carbocycles. The Hall–Kier alpha value is -2.55. The van der Waals surface area contributed by atoms with Crippen molar-refractivity contribution < 1.29 is 4.79 Å². The average molecular weight is 264 g/mol. The zero-order valence-corrected chi connectivity index (χ0v) is 11.6. The van der Waals surface area contributed by atoms with E-state index in [9.17, 15) is 4.79 Å². The van der Waals surface area contributed by atoms with Crippen molar-refractivity contribution in [1.29, 1.82) is 0 Å². The Balaban J connectivity index is 2.10. The Morgan fingerprint density at radius 1 is 0.850 bits per heavy atom. The van der Waals surface area contributed by atoms with Gasteiger partial charge in [0.05, 0.1) is 0 Å². The molecule has 0 saturated heterocycles. The summed E-state index contributed by atoms with van der Waals surface area (Å²) in [6.07, 6.45) is 0. The Morgan fingerprint density at radius 3 is 1.80 bits per heavy atom. The molecule has 0 aliphatic heterocycles. The van der Waals surface area contributed by atoms with Crippen LogP contribution in [0.2, 0.25) is 0 Å². The summed E-state index contributed by atoms with van der Waals surface area (Å²) in [6, 6.07) is 12.3. The van der Waals surface area contributed by atoms with Crippen LogP contribution in [-0.2, 0) is 4.79 Å². The minimum atomic E-state index is -0.0505. The Kier molecular flexibility index (Phi) is 2.83. The van der Waals surface area contributed by atoms with Gasteiger partial charge in [-0.3, -0.25) is 4.79 Å². The van der Waals surface area contributed by atoms with Crippen LogP contribution < -0.4 is 10.6 Å². The molecule has 20 heavy (non-hydrogen) atoms. The highest BCUT2D eigenvalue weighted by Crippen LogP contribution is 2.20. The molecule has 2 aromatic rings. The molecule has 0 unspecified atom stereocenters. The minimum Gasteiger partial charge on any atom is -0.360 e. The zero-order valence-electron chi connectivity index (χ0n) is 11.6. The number of hydrogen-bond acceptors (Lipinski definition) is 2. The maximum atomic E-state index is 11.1. The highest BCUT2D eigenvalue weighted by atomic mass is 16.1.